The van der Waals surface area contributed by atoms with E-state index in [1.165, 1.54) is 99.1 Å². The van der Waals surface area contributed by atoms with Crippen LogP contribution in [0.3, 0.4) is 0 Å². The first-order valence-corrected chi connectivity index (χ1v) is 22.6. The highest BCUT2D eigenvalue weighted by Gasteiger charge is 2.84. The van der Waals surface area contributed by atoms with Crippen LogP contribution in [0.4, 0.5) is 17.1 Å². The summed E-state index contributed by atoms with van der Waals surface area (Å²) < 4.78 is 7.60. The summed E-state index contributed by atoms with van der Waals surface area (Å²) in [7, 11) is 0. The zero-order valence-electron chi connectivity index (χ0n) is 35.5. The second-order valence-electron chi connectivity index (χ2n) is 21.6. The molecule has 4 fully saturated rings. The molecule has 1 heterocycles. The Kier molecular flexibility index (Phi) is 6.59. The molecule has 294 valence electrons. The van der Waals surface area contributed by atoms with E-state index in [2.05, 4.69) is 174 Å². The van der Waals surface area contributed by atoms with Crippen molar-refractivity contribution in [3.8, 4) is 33.8 Å². The van der Waals surface area contributed by atoms with Crippen LogP contribution in [-0.4, -0.2) is 0 Å². The third kappa shape index (κ3) is 4.10. The molecule has 7 aliphatic rings. The van der Waals surface area contributed by atoms with Crippen molar-refractivity contribution in [1.29, 1.82) is 0 Å². The van der Waals surface area contributed by atoms with Crippen molar-refractivity contribution in [2.24, 2.45) is 29.1 Å². The van der Waals surface area contributed by atoms with E-state index in [-0.39, 0.29) is 21.7 Å². The highest BCUT2D eigenvalue weighted by Crippen LogP contribution is 2.90. The Bertz CT molecular complexity index is 2790. The zero-order chi connectivity index (χ0) is 39.8. The van der Waals surface area contributed by atoms with Gasteiger partial charge in [-0.15, -0.1) is 0 Å². The summed E-state index contributed by atoms with van der Waals surface area (Å²) >= 11 is 0. The Morgan fingerprint density at radius 1 is 0.542 bits per heavy atom. The molecule has 2 heteroatoms. The van der Waals surface area contributed by atoms with Gasteiger partial charge < -0.3 is 9.64 Å². The maximum absolute atomic E-state index is 7.60. The van der Waals surface area contributed by atoms with E-state index in [0.29, 0.717) is 17.3 Å². The van der Waals surface area contributed by atoms with Crippen LogP contribution < -0.4 is 9.64 Å². The van der Waals surface area contributed by atoms with E-state index in [1.54, 1.807) is 0 Å². The van der Waals surface area contributed by atoms with Gasteiger partial charge in [-0.2, -0.15) is 0 Å². The van der Waals surface area contributed by atoms with E-state index in [0.717, 1.165) is 35.4 Å². The maximum Gasteiger partial charge on any atom is 0.156 e. The molecule has 13 rings (SSSR count). The predicted octanol–water partition coefficient (Wildman–Crippen LogP) is 14.9. The first-order chi connectivity index (χ1) is 28.5. The van der Waals surface area contributed by atoms with E-state index < -0.39 is 0 Å². The van der Waals surface area contributed by atoms with Crippen molar-refractivity contribution < 1.29 is 4.74 Å². The molecule has 0 aromatic heterocycles. The van der Waals surface area contributed by atoms with Crippen molar-refractivity contribution in [3.05, 3.63) is 161 Å². The molecule has 1 aliphatic heterocycles. The Morgan fingerprint density at radius 3 is 2.07 bits per heavy atom. The highest BCUT2D eigenvalue weighted by molar-refractivity contribution is 5.92. The quantitative estimate of drug-likeness (QED) is 0.177. The minimum Gasteiger partial charge on any atom is -0.454 e. The van der Waals surface area contributed by atoms with Gasteiger partial charge in [-0.1, -0.05) is 139 Å². The molecule has 6 aliphatic carbocycles. The number of nitrogens with zero attached hydrogens (tertiary/aromatic N) is 1. The molecular formula is C57H55NO. The number of para-hydroxylation sites is 1. The van der Waals surface area contributed by atoms with E-state index in [1.807, 2.05) is 0 Å². The van der Waals surface area contributed by atoms with Gasteiger partial charge in [-0.3, -0.25) is 0 Å². The van der Waals surface area contributed by atoms with Gasteiger partial charge in [0, 0.05) is 27.6 Å². The first kappa shape index (κ1) is 34.8. The SMILES string of the molecule is CC1(C)CCC(C)(C)c2c(N(c3ccc4c(c3)C(C)(C)c3ccccc3-4)c3ccc(-c4ccccc4)c4c3Oc3ccccc3C43C4CC5CC6CC3C64C5)cccc21. The predicted molar refractivity (Wildman–Crippen MR) is 242 cm³/mol. The van der Waals surface area contributed by atoms with Crippen molar-refractivity contribution in [2.75, 3.05) is 4.90 Å². The number of benzene rings is 6. The molecule has 6 aromatic rings. The van der Waals surface area contributed by atoms with Gasteiger partial charge >= 0.3 is 0 Å². The first-order valence-electron chi connectivity index (χ1n) is 22.6. The van der Waals surface area contributed by atoms with Gasteiger partial charge in [0.15, 0.2) is 5.75 Å². The number of rotatable bonds is 4. The number of ether oxygens (including phenoxy) is 1. The van der Waals surface area contributed by atoms with Crippen LogP contribution >= 0.6 is 0 Å². The molecule has 2 nitrogen and oxygen atoms in total. The van der Waals surface area contributed by atoms with Crippen LogP contribution in [0.2, 0.25) is 0 Å². The molecule has 6 unspecified atom stereocenters. The van der Waals surface area contributed by atoms with Crippen LogP contribution in [0, 0.1) is 29.1 Å². The summed E-state index contributed by atoms with van der Waals surface area (Å²) in [6.45, 7) is 14.7. The molecule has 0 radical (unpaired) electrons. The molecule has 0 saturated heterocycles. The largest absolute Gasteiger partial charge is 0.454 e. The Morgan fingerprint density at radius 2 is 1.24 bits per heavy atom. The average molecular weight is 770 g/mol. The second kappa shape index (κ2) is 11.2. The second-order valence-corrected chi connectivity index (χ2v) is 21.6. The van der Waals surface area contributed by atoms with E-state index >= 15 is 0 Å². The number of anilines is 3. The summed E-state index contributed by atoms with van der Waals surface area (Å²) in [6.07, 6.45) is 7.91. The van der Waals surface area contributed by atoms with Crippen LogP contribution in [0.1, 0.15) is 113 Å². The smallest absolute Gasteiger partial charge is 0.156 e. The molecule has 0 N–H and O–H groups in total. The van der Waals surface area contributed by atoms with Crippen molar-refractivity contribution >= 4 is 17.1 Å². The van der Waals surface area contributed by atoms with Crippen LogP contribution in [0.5, 0.6) is 11.5 Å². The zero-order valence-corrected chi connectivity index (χ0v) is 35.5. The summed E-state index contributed by atoms with van der Waals surface area (Å²) in [5, 5.41) is 0. The van der Waals surface area contributed by atoms with Gasteiger partial charge in [-0.05, 0) is 153 Å². The molecule has 6 aromatic carbocycles. The summed E-state index contributed by atoms with van der Waals surface area (Å²) in [5.74, 6) is 5.20. The number of hydrogen-bond acceptors (Lipinski definition) is 2. The third-order valence-electron chi connectivity index (χ3n) is 17.8. The van der Waals surface area contributed by atoms with Crippen molar-refractivity contribution in [2.45, 2.75) is 102 Å². The Hall–Kier alpha value is -5.08. The molecule has 2 spiro atoms. The van der Waals surface area contributed by atoms with E-state index in [9.17, 15) is 0 Å². The lowest BCUT2D eigenvalue weighted by Gasteiger charge is -2.77. The summed E-state index contributed by atoms with van der Waals surface area (Å²) in [4.78, 5) is 2.65. The van der Waals surface area contributed by atoms with Gasteiger partial charge in [0.2, 0.25) is 0 Å². The minimum absolute atomic E-state index is 0.00493. The summed E-state index contributed by atoms with van der Waals surface area (Å²) in [6, 6.07) is 49.0. The van der Waals surface area contributed by atoms with E-state index in [4.69, 9.17) is 4.74 Å². The molecule has 6 atom stereocenters. The fourth-order valence-corrected chi connectivity index (χ4v) is 15.3. The maximum atomic E-state index is 7.60. The summed E-state index contributed by atoms with van der Waals surface area (Å²) in [5.41, 5.74) is 18.1. The Labute approximate surface area is 350 Å². The minimum atomic E-state index is -0.121. The van der Waals surface area contributed by atoms with Crippen molar-refractivity contribution in [1.82, 2.24) is 0 Å². The number of fused-ring (bicyclic) bond motifs is 11. The van der Waals surface area contributed by atoms with Gasteiger partial charge in [-0.25, -0.2) is 0 Å². The van der Waals surface area contributed by atoms with Crippen molar-refractivity contribution in [3.63, 3.8) is 0 Å². The lowest BCUT2D eigenvalue weighted by atomic mass is 9.26. The van der Waals surface area contributed by atoms with Gasteiger partial charge in [0.25, 0.3) is 0 Å². The topological polar surface area (TPSA) is 12.5 Å². The molecule has 2 bridgehead atoms. The van der Waals surface area contributed by atoms with Gasteiger partial charge in [0.05, 0.1) is 11.4 Å². The fourth-order valence-electron chi connectivity index (χ4n) is 15.3. The van der Waals surface area contributed by atoms with Crippen LogP contribution in [0.25, 0.3) is 22.3 Å². The number of hydrogen-bond donors (Lipinski definition) is 0. The normalized spacial score (nSPS) is 29.5. The molecule has 59 heavy (non-hydrogen) atoms. The average Bonchev–Trinajstić information content (AvgIpc) is 3.85. The fraction of sp³-hybridized carbons (Fsp3) is 0.368. The lowest BCUT2D eigenvalue weighted by Crippen LogP contribution is -2.74. The molecule has 4 saturated carbocycles. The molecule has 0 amide bonds. The highest BCUT2D eigenvalue weighted by atomic mass is 16.5. The lowest BCUT2D eigenvalue weighted by molar-refractivity contribution is -0.234. The van der Waals surface area contributed by atoms with Gasteiger partial charge in [0.1, 0.15) is 5.75 Å². The Balaban J connectivity index is 1.13. The van der Waals surface area contributed by atoms with Crippen LogP contribution in [0.15, 0.2) is 127 Å². The molecular weight excluding hydrogens is 715 g/mol. The van der Waals surface area contributed by atoms with Crippen LogP contribution in [-0.2, 0) is 21.7 Å². The third-order valence-corrected chi connectivity index (χ3v) is 17.8. The monoisotopic (exact) mass is 769 g/mol. The standard InChI is InChI=1S/C57H55NO/c1-53(2)27-28-54(3,4)51-43(53)20-14-21-45(51)58(37-23-24-40-39-17-10-11-18-41(39)55(5,6)44(40)32-37)46-26-25-38(35-15-8-7-9-16-35)50-52(46)59-47-22-13-12-19-42(47)57(50)48-30-34-29-36-31-49(57)56(36,48)33-34/h7-26,32,34,36,48-49H,27-31,33H2,1-6H3.